The minimum absolute atomic E-state index is 0.000957. The minimum atomic E-state index is -0.965. The fourth-order valence-corrected chi connectivity index (χ4v) is 3.52. The van der Waals surface area contributed by atoms with Crippen molar-refractivity contribution >= 4 is 9.76 Å². The summed E-state index contributed by atoms with van der Waals surface area (Å²) >= 11 is 0. The summed E-state index contributed by atoms with van der Waals surface area (Å²) in [7, 11) is 0.242. The van der Waals surface area contributed by atoms with E-state index in [0.717, 1.165) is 6.07 Å². The molecule has 0 aromatic heterocycles. The Balaban J connectivity index is 2.18. The average Bonchev–Trinajstić information content (AvgIpc) is 2.86. The smallest absolute Gasteiger partial charge is 0.236 e. The number of hydrogen-bond donors (Lipinski definition) is 0. The van der Waals surface area contributed by atoms with E-state index in [4.69, 9.17) is 23.9 Å². The van der Waals surface area contributed by atoms with Gasteiger partial charge in [0.05, 0.1) is 5.60 Å². The predicted octanol–water partition coefficient (Wildman–Crippen LogP) is 4.37. The predicted molar refractivity (Wildman–Crippen MR) is 101 cm³/mol. The zero-order chi connectivity index (χ0) is 21.3. The molecule has 28 heavy (non-hydrogen) atoms. The lowest BCUT2D eigenvalue weighted by molar-refractivity contribution is -0.162. The summed E-state index contributed by atoms with van der Waals surface area (Å²) in [5.41, 5.74) is -1.03. The van der Waals surface area contributed by atoms with Crippen LogP contribution in [0.2, 0.25) is 5.04 Å². The Morgan fingerprint density at radius 3 is 2.39 bits per heavy atom. The van der Waals surface area contributed by atoms with Gasteiger partial charge in [-0.1, -0.05) is 20.8 Å². The molecule has 1 heterocycles. The molecule has 154 valence electrons. The molecule has 0 aliphatic carbocycles. The summed E-state index contributed by atoms with van der Waals surface area (Å²) in [4.78, 5) is 0. The number of hydrogen-bond acceptors (Lipinski definition) is 5. The normalized spacial score (nSPS) is 22.1. The molecule has 2 rings (SSSR count). The lowest BCUT2D eigenvalue weighted by atomic mass is 9.97. The van der Waals surface area contributed by atoms with E-state index in [1.54, 1.807) is 19.9 Å². The van der Waals surface area contributed by atoms with Crippen molar-refractivity contribution in [2.24, 2.45) is 0 Å². The number of halogens is 2. The maximum atomic E-state index is 13.8. The molecule has 0 bridgehead atoms. The van der Waals surface area contributed by atoms with Crippen LogP contribution in [0.1, 0.15) is 54.0 Å². The Labute approximate surface area is 167 Å². The molecule has 8 heteroatoms. The van der Waals surface area contributed by atoms with E-state index in [2.05, 4.69) is 20.8 Å². The van der Waals surface area contributed by atoms with Gasteiger partial charge < -0.3 is 18.6 Å². The highest BCUT2D eigenvalue weighted by Crippen LogP contribution is 2.37. The Hall–Kier alpha value is -1.53. The van der Waals surface area contributed by atoms with Crippen molar-refractivity contribution in [1.29, 1.82) is 5.26 Å². The standard InChI is InChI=1S/C20H27F2NO4Si/c1-18(2,3)28-27-19(4,5)17-16(25-20(6,7)26-17)11-24-15-9-12(21)8-14(22)13(15)10-23/h8-9,16-17H,11H2,1-7H3/t16-,17-/m0/s1. The van der Waals surface area contributed by atoms with Gasteiger partial charge in [0.15, 0.2) is 5.79 Å². The van der Waals surface area contributed by atoms with Crippen molar-refractivity contribution < 1.29 is 27.4 Å². The monoisotopic (exact) mass is 411 g/mol. The Morgan fingerprint density at radius 2 is 1.82 bits per heavy atom. The first-order valence-electron chi connectivity index (χ1n) is 9.07. The number of nitriles is 1. The van der Waals surface area contributed by atoms with Gasteiger partial charge in [0.2, 0.25) is 9.76 Å². The number of benzene rings is 1. The van der Waals surface area contributed by atoms with E-state index in [-0.39, 0.29) is 32.7 Å². The van der Waals surface area contributed by atoms with Crippen molar-refractivity contribution in [3.05, 3.63) is 29.3 Å². The van der Waals surface area contributed by atoms with Crippen LogP contribution in [0.3, 0.4) is 0 Å². The molecule has 1 aliphatic heterocycles. The summed E-state index contributed by atoms with van der Waals surface area (Å²) in [5.74, 6) is -2.81. The molecule has 5 nitrogen and oxygen atoms in total. The SMILES string of the molecule is CC1(C)O[C@@H](COc2cc(F)cc(F)c2C#N)[C@@H](C(C)(C)O[Si]C(C)(C)C)O1. The van der Waals surface area contributed by atoms with Crippen LogP contribution in [0.4, 0.5) is 8.78 Å². The first-order valence-corrected chi connectivity index (χ1v) is 9.98. The lowest BCUT2D eigenvalue weighted by Gasteiger charge is -2.35. The number of nitrogens with zero attached hydrogens (tertiary/aromatic N) is 1. The summed E-state index contributed by atoms with van der Waals surface area (Å²) in [5, 5.41) is 9.12. The highest BCUT2D eigenvalue weighted by atomic mass is 28.2. The average molecular weight is 412 g/mol. The Kier molecular flexibility index (Phi) is 6.56. The second kappa shape index (κ2) is 8.07. The fraction of sp³-hybridized carbons (Fsp3) is 0.650. The molecule has 1 saturated heterocycles. The highest BCUT2D eigenvalue weighted by molar-refractivity contribution is 6.31. The van der Waals surface area contributed by atoms with Crippen molar-refractivity contribution in [2.75, 3.05) is 6.61 Å². The van der Waals surface area contributed by atoms with Crippen molar-refractivity contribution in [2.45, 2.75) is 77.1 Å². The van der Waals surface area contributed by atoms with E-state index in [0.29, 0.717) is 6.07 Å². The van der Waals surface area contributed by atoms with Crippen molar-refractivity contribution in [3.63, 3.8) is 0 Å². The third-order valence-corrected chi connectivity index (χ3v) is 5.26. The topological polar surface area (TPSA) is 60.7 Å². The van der Waals surface area contributed by atoms with E-state index >= 15 is 0 Å². The molecular weight excluding hydrogens is 384 g/mol. The molecule has 2 radical (unpaired) electrons. The second-order valence-corrected chi connectivity index (χ2v) is 10.7. The van der Waals surface area contributed by atoms with Gasteiger partial charge in [-0.3, -0.25) is 0 Å². The van der Waals surface area contributed by atoms with Crippen LogP contribution in [0, 0.1) is 23.0 Å². The highest BCUT2D eigenvalue weighted by Gasteiger charge is 2.50. The van der Waals surface area contributed by atoms with Gasteiger partial charge in [0.25, 0.3) is 0 Å². The number of rotatable bonds is 6. The zero-order valence-corrected chi connectivity index (χ0v) is 18.4. The molecule has 0 spiro atoms. The number of ether oxygens (including phenoxy) is 3. The maximum Gasteiger partial charge on any atom is 0.236 e. The molecule has 0 N–H and O–H groups in total. The van der Waals surface area contributed by atoms with Crippen LogP contribution in [-0.4, -0.2) is 40.0 Å². The first-order chi connectivity index (χ1) is 12.7. The Bertz CT molecular complexity index is 756. The molecule has 0 unspecified atom stereocenters. The van der Waals surface area contributed by atoms with Crippen LogP contribution in [0.25, 0.3) is 0 Å². The fourth-order valence-electron chi connectivity index (χ4n) is 2.83. The quantitative estimate of drug-likeness (QED) is 0.651. The molecule has 0 amide bonds. The molecule has 1 aromatic carbocycles. The third kappa shape index (κ3) is 5.74. The van der Waals surface area contributed by atoms with Crippen LogP contribution in [0.5, 0.6) is 5.75 Å². The van der Waals surface area contributed by atoms with Gasteiger partial charge in [-0.15, -0.1) is 0 Å². The third-order valence-electron chi connectivity index (χ3n) is 4.02. The summed E-state index contributed by atoms with van der Waals surface area (Å²) < 4.78 is 51.0. The maximum absolute atomic E-state index is 13.8. The molecule has 1 aliphatic rings. The van der Waals surface area contributed by atoms with Gasteiger partial charge in [0, 0.05) is 12.1 Å². The van der Waals surface area contributed by atoms with Crippen LogP contribution in [0.15, 0.2) is 12.1 Å². The summed E-state index contributed by atoms with van der Waals surface area (Å²) in [6, 6.07) is 3.33. The summed E-state index contributed by atoms with van der Waals surface area (Å²) in [6.45, 7) is 13.6. The van der Waals surface area contributed by atoms with Gasteiger partial charge in [0.1, 0.15) is 47.8 Å². The van der Waals surface area contributed by atoms with E-state index in [1.165, 1.54) is 0 Å². The second-order valence-electron chi connectivity index (χ2n) is 8.84. The molecule has 2 atom stereocenters. The molecule has 0 saturated carbocycles. The zero-order valence-electron chi connectivity index (χ0n) is 17.4. The molecule has 1 fully saturated rings. The van der Waals surface area contributed by atoms with Crippen molar-refractivity contribution in [1.82, 2.24) is 0 Å². The van der Waals surface area contributed by atoms with Gasteiger partial charge in [-0.25, -0.2) is 8.78 Å². The van der Waals surface area contributed by atoms with Gasteiger partial charge in [-0.05, 0) is 32.7 Å². The van der Waals surface area contributed by atoms with Crippen molar-refractivity contribution in [3.8, 4) is 11.8 Å². The minimum Gasteiger partial charge on any atom is -0.489 e. The first kappa shape index (κ1) is 22.8. The van der Waals surface area contributed by atoms with Crippen LogP contribution >= 0.6 is 0 Å². The van der Waals surface area contributed by atoms with E-state index < -0.39 is 35.2 Å². The van der Waals surface area contributed by atoms with Crippen LogP contribution in [-0.2, 0) is 13.9 Å². The van der Waals surface area contributed by atoms with Gasteiger partial charge in [-0.2, -0.15) is 5.26 Å². The van der Waals surface area contributed by atoms with E-state index in [1.807, 2.05) is 13.8 Å². The Morgan fingerprint density at radius 1 is 1.18 bits per heavy atom. The van der Waals surface area contributed by atoms with Gasteiger partial charge >= 0.3 is 0 Å². The van der Waals surface area contributed by atoms with E-state index in [9.17, 15) is 8.78 Å². The molecule has 1 aromatic rings. The molecular formula is C20H27F2NO4Si. The summed E-state index contributed by atoms with van der Waals surface area (Å²) in [6.07, 6.45) is -1.02. The lowest BCUT2D eigenvalue weighted by Crippen LogP contribution is -2.48. The largest absolute Gasteiger partial charge is 0.489 e. The van der Waals surface area contributed by atoms with Crippen LogP contribution < -0.4 is 4.74 Å².